The number of rotatable bonds is 9. The lowest BCUT2D eigenvalue weighted by Crippen LogP contribution is -2.51. The van der Waals surface area contributed by atoms with Crippen molar-refractivity contribution < 1.29 is 37.9 Å². The predicted octanol–water partition coefficient (Wildman–Crippen LogP) is 1.69. The summed E-state index contributed by atoms with van der Waals surface area (Å²) < 4.78 is 24.2. The first-order chi connectivity index (χ1) is 13.0. The molecule has 0 aromatic heterocycles. The summed E-state index contributed by atoms with van der Waals surface area (Å²) in [6.45, 7) is 9.78. The van der Waals surface area contributed by atoms with E-state index < -0.39 is 55.1 Å². The van der Waals surface area contributed by atoms with Gasteiger partial charge in [-0.05, 0) is 41.5 Å². The van der Waals surface area contributed by atoms with Gasteiger partial charge in [0.25, 0.3) is 11.8 Å². The Balaban J connectivity index is 2.73. The van der Waals surface area contributed by atoms with Crippen molar-refractivity contribution in [2.45, 2.75) is 65.2 Å². The Kier molecular flexibility index (Phi) is 7.93. The van der Waals surface area contributed by atoms with E-state index in [2.05, 4.69) is 5.32 Å². The number of nitrogens with one attached hydrogen (secondary N) is 1. The third kappa shape index (κ3) is 8.47. The topological polar surface area (TPSA) is 139 Å². The van der Waals surface area contributed by atoms with E-state index in [1.165, 1.54) is 0 Å². The molecule has 2 N–H and O–H groups in total. The van der Waals surface area contributed by atoms with Crippen LogP contribution in [0.25, 0.3) is 0 Å². The molecular weight excluding hydrogens is 403 g/mol. The quantitative estimate of drug-likeness (QED) is 0.414. The monoisotopic (exact) mass is 432 g/mol. The van der Waals surface area contributed by atoms with Crippen molar-refractivity contribution >= 4 is 31.3 Å². The number of nitrogens with zero attached hydrogens (tertiary/aromatic N) is 1. The lowest BCUT2D eigenvalue weighted by Gasteiger charge is -2.32. The maximum atomic E-state index is 13.1. The molecule has 0 spiro atoms. The van der Waals surface area contributed by atoms with Gasteiger partial charge in [-0.1, -0.05) is 0 Å². The van der Waals surface area contributed by atoms with Crippen LogP contribution in [0.4, 0.5) is 0 Å². The van der Waals surface area contributed by atoms with Gasteiger partial charge in [0.2, 0.25) is 5.91 Å². The number of carbonyl (C=O) groups excluding carboxylic acids is 3. The fraction of sp³-hybridized carbons (Fsp3) is 0.667. The molecule has 0 bridgehead atoms. The van der Waals surface area contributed by atoms with Gasteiger partial charge in [0.05, 0.1) is 17.4 Å². The predicted molar refractivity (Wildman–Crippen MR) is 104 cm³/mol. The van der Waals surface area contributed by atoms with E-state index in [1.54, 1.807) is 41.5 Å². The van der Waals surface area contributed by atoms with Gasteiger partial charge >= 0.3 is 13.6 Å². The molecule has 1 aliphatic rings. The van der Waals surface area contributed by atoms with Crippen LogP contribution >= 0.6 is 7.60 Å². The molecule has 0 saturated heterocycles. The zero-order valence-corrected chi connectivity index (χ0v) is 18.4. The Morgan fingerprint density at radius 2 is 1.52 bits per heavy atom. The Hall–Kier alpha value is -2.03. The molecule has 3 amide bonds. The smallest absolute Gasteiger partial charge is 0.332 e. The third-order valence-electron chi connectivity index (χ3n) is 3.37. The second-order valence-electron chi connectivity index (χ2n) is 8.53. The van der Waals surface area contributed by atoms with E-state index in [4.69, 9.17) is 9.05 Å². The highest BCUT2D eigenvalue weighted by molar-refractivity contribution is 7.54. The molecule has 0 saturated carbocycles. The number of aliphatic carboxylic acids is 1. The molecule has 0 aromatic rings. The molecule has 0 radical (unpaired) electrons. The molecular formula is C18H29N2O8P. The highest BCUT2D eigenvalue weighted by Crippen LogP contribution is 2.54. The first-order valence-electron chi connectivity index (χ1n) is 9.08. The second kappa shape index (κ2) is 9.19. The van der Waals surface area contributed by atoms with E-state index >= 15 is 0 Å². The summed E-state index contributed by atoms with van der Waals surface area (Å²) in [7, 11) is -3.63. The van der Waals surface area contributed by atoms with Crippen molar-refractivity contribution in [1.82, 2.24) is 10.2 Å². The molecule has 10 nitrogen and oxygen atoms in total. The Labute approximate surface area is 170 Å². The standard InChI is InChI=1S/C18H29N2O8P/c1-17(2,3)27-29(26,28-18(4,5)6)10-9-13(21)19-11-12(16(24)25)20-14(22)7-8-15(20)23/h7-8,12H,9-11H2,1-6H3,(H,19,21)(H,24,25)/t12-/m0/s1. The van der Waals surface area contributed by atoms with Crippen LogP contribution in [0.1, 0.15) is 48.0 Å². The SMILES string of the molecule is CC(C)(C)OP(=O)(CCC(=O)NC[C@@H](C(=O)O)N1C(=O)C=CC1=O)OC(C)(C)C. The minimum Gasteiger partial charge on any atom is -0.480 e. The van der Waals surface area contributed by atoms with Crippen molar-refractivity contribution in [1.29, 1.82) is 0 Å². The Morgan fingerprint density at radius 1 is 1.07 bits per heavy atom. The van der Waals surface area contributed by atoms with Crippen LogP contribution in [0.2, 0.25) is 0 Å². The maximum absolute atomic E-state index is 13.1. The van der Waals surface area contributed by atoms with Crippen LogP contribution in [0.5, 0.6) is 0 Å². The van der Waals surface area contributed by atoms with Gasteiger partial charge in [0.15, 0.2) is 6.04 Å². The van der Waals surface area contributed by atoms with Crippen molar-refractivity contribution in [3.05, 3.63) is 12.2 Å². The molecule has 1 rings (SSSR count). The van der Waals surface area contributed by atoms with Crippen molar-refractivity contribution in [3.8, 4) is 0 Å². The van der Waals surface area contributed by atoms with Crippen molar-refractivity contribution in [3.63, 3.8) is 0 Å². The van der Waals surface area contributed by atoms with Gasteiger partial charge in [-0.15, -0.1) is 0 Å². The van der Waals surface area contributed by atoms with Crippen LogP contribution in [0.3, 0.4) is 0 Å². The zero-order valence-electron chi connectivity index (χ0n) is 17.6. The molecule has 11 heteroatoms. The van der Waals surface area contributed by atoms with Gasteiger partial charge in [-0.25, -0.2) is 4.79 Å². The van der Waals surface area contributed by atoms with Gasteiger partial charge in [0.1, 0.15) is 0 Å². The van der Waals surface area contributed by atoms with Gasteiger partial charge in [-0.2, -0.15) is 0 Å². The Morgan fingerprint density at radius 3 is 1.90 bits per heavy atom. The molecule has 1 heterocycles. The summed E-state index contributed by atoms with van der Waals surface area (Å²) >= 11 is 0. The molecule has 29 heavy (non-hydrogen) atoms. The number of carboxylic acids is 1. The fourth-order valence-electron chi connectivity index (χ4n) is 2.49. The summed E-state index contributed by atoms with van der Waals surface area (Å²) in [6, 6.07) is -1.54. The van der Waals surface area contributed by atoms with Crippen LogP contribution in [0.15, 0.2) is 12.2 Å². The molecule has 0 unspecified atom stereocenters. The second-order valence-corrected chi connectivity index (χ2v) is 10.6. The van der Waals surface area contributed by atoms with Crippen molar-refractivity contribution in [2.24, 2.45) is 0 Å². The number of carbonyl (C=O) groups is 4. The first-order valence-corrected chi connectivity index (χ1v) is 10.8. The minimum absolute atomic E-state index is 0.214. The van der Waals surface area contributed by atoms with E-state index in [0.717, 1.165) is 12.2 Å². The minimum atomic E-state index is -3.63. The van der Waals surface area contributed by atoms with E-state index in [-0.39, 0.29) is 12.6 Å². The summed E-state index contributed by atoms with van der Waals surface area (Å²) in [5.41, 5.74) is -1.54. The van der Waals surface area contributed by atoms with Gasteiger partial charge in [-0.3, -0.25) is 23.8 Å². The summed E-state index contributed by atoms with van der Waals surface area (Å²) in [5.74, 6) is -3.58. The normalized spacial score (nSPS) is 16.3. The highest BCUT2D eigenvalue weighted by Gasteiger charge is 2.37. The maximum Gasteiger partial charge on any atom is 0.332 e. The molecule has 1 atom stereocenters. The van der Waals surface area contributed by atoms with Crippen LogP contribution < -0.4 is 5.32 Å². The summed E-state index contributed by atoms with van der Waals surface area (Å²) in [6.07, 6.45) is 1.46. The summed E-state index contributed by atoms with van der Waals surface area (Å²) in [4.78, 5) is 47.5. The zero-order chi connectivity index (χ0) is 22.6. The number of imide groups is 1. The molecule has 1 aliphatic heterocycles. The number of hydrogen-bond donors (Lipinski definition) is 2. The Bertz CT molecular complexity index is 710. The lowest BCUT2D eigenvalue weighted by molar-refractivity contribution is -0.153. The largest absolute Gasteiger partial charge is 0.480 e. The van der Waals surface area contributed by atoms with E-state index in [0.29, 0.717) is 4.90 Å². The fourth-order valence-corrected chi connectivity index (χ4v) is 4.86. The average Bonchev–Trinajstić information content (AvgIpc) is 2.81. The van der Waals surface area contributed by atoms with Crippen LogP contribution in [-0.2, 0) is 32.8 Å². The molecule has 164 valence electrons. The van der Waals surface area contributed by atoms with Crippen LogP contribution in [-0.4, -0.2) is 63.6 Å². The highest BCUT2D eigenvalue weighted by atomic mass is 31.2. The first kappa shape index (κ1) is 25.0. The van der Waals surface area contributed by atoms with Gasteiger partial charge in [0, 0.05) is 25.1 Å². The lowest BCUT2D eigenvalue weighted by atomic mass is 10.2. The molecule has 0 aliphatic carbocycles. The van der Waals surface area contributed by atoms with Crippen molar-refractivity contribution in [2.75, 3.05) is 12.7 Å². The van der Waals surface area contributed by atoms with Gasteiger partial charge < -0.3 is 19.5 Å². The molecule has 0 fully saturated rings. The van der Waals surface area contributed by atoms with Crippen LogP contribution in [0, 0.1) is 0 Å². The molecule has 0 aromatic carbocycles. The number of hydrogen-bond acceptors (Lipinski definition) is 7. The third-order valence-corrected chi connectivity index (χ3v) is 5.79. The number of amides is 3. The van der Waals surface area contributed by atoms with E-state index in [9.17, 15) is 28.8 Å². The summed E-state index contributed by atoms with van der Waals surface area (Å²) in [5, 5.41) is 11.6. The average molecular weight is 432 g/mol. The number of carboxylic acid groups (broad SMARTS) is 1. The van der Waals surface area contributed by atoms with E-state index in [1.807, 2.05) is 0 Å².